The number of nitrogens with one attached hydrogen (secondary N) is 1. The zero-order valence-corrected chi connectivity index (χ0v) is 9.61. The van der Waals surface area contributed by atoms with E-state index < -0.39 is 0 Å². The molecule has 0 fully saturated rings. The third-order valence-corrected chi connectivity index (χ3v) is 2.18. The molecular formula is C13H20N2O. The first-order valence-corrected chi connectivity index (χ1v) is 5.64. The molecule has 1 rings (SSSR count). The molecule has 0 aromatic heterocycles. The van der Waals surface area contributed by atoms with E-state index in [0.717, 1.165) is 37.4 Å². The van der Waals surface area contributed by atoms with Crippen LogP contribution in [0.15, 0.2) is 36.9 Å². The molecule has 3 heteroatoms. The number of nitrogens with two attached hydrogens (primary N) is 1. The average molecular weight is 220 g/mol. The minimum atomic E-state index is 0.545. The van der Waals surface area contributed by atoms with Crippen molar-refractivity contribution >= 4 is 5.69 Å². The van der Waals surface area contributed by atoms with E-state index in [1.54, 1.807) is 6.08 Å². The van der Waals surface area contributed by atoms with Crippen LogP contribution < -0.4 is 15.8 Å². The molecule has 3 N–H and O–H groups in total. The van der Waals surface area contributed by atoms with Gasteiger partial charge in [0.05, 0.1) is 0 Å². The summed E-state index contributed by atoms with van der Waals surface area (Å²) in [7, 11) is 0. The maximum Gasteiger partial charge on any atom is 0.119 e. The molecule has 16 heavy (non-hydrogen) atoms. The fourth-order valence-corrected chi connectivity index (χ4v) is 1.33. The predicted molar refractivity (Wildman–Crippen MR) is 68.9 cm³/mol. The van der Waals surface area contributed by atoms with Gasteiger partial charge in [0, 0.05) is 12.2 Å². The molecule has 0 spiro atoms. The standard InChI is InChI=1S/C13H20N2O/c1-2-11-16-13-7-5-12(6-8-13)15-10-4-3-9-14/h2,5-8,15H,1,3-4,9-11,14H2. The lowest BCUT2D eigenvalue weighted by Crippen LogP contribution is -2.05. The van der Waals surface area contributed by atoms with Crippen molar-refractivity contribution in [1.82, 2.24) is 0 Å². The normalized spacial score (nSPS) is 9.81. The van der Waals surface area contributed by atoms with Crippen LogP contribution in [0.4, 0.5) is 5.69 Å². The number of ether oxygens (including phenoxy) is 1. The lowest BCUT2D eigenvalue weighted by Gasteiger charge is -2.07. The Bertz CT molecular complexity index is 295. The van der Waals surface area contributed by atoms with Crippen LogP contribution in [0.1, 0.15) is 12.8 Å². The molecule has 0 bridgehead atoms. The van der Waals surface area contributed by atoms with Crippen molar-refractivity contribution < 1.29 is 4.74 Å². The second kappa shape index (κ2) is 7.77. The van der Waals surface area contributed by atoms with Crippen molar-refractivity contribution in [3.05, 3.63) is 36.9 Å². The Morgan fingerprint density at radius 3 is 2.62 bits per heavy atom. The van der Waals surface area contributed by atoms with Crippen LogP contribution in [0.2, 0.25) is 0 Å². The van der Waals surface area contributed by atoms with Crippen molar-refractivity contribution in [2.24, 2.45) is 5.73 Å². The van der Waals surface area contributed by atoms with E-state index in [9.17, 15) is 0 Å². The summed E-state index contributed by atoms with van der Waals surface area (Å²) in [4.78, 5) is 0. The van der Waals surface area contributed by atoms with Crippen molar-refractivity contribution in [2.75, 3.05) is 25.0 Å². The molecule has 0 aliphatic carbocycles. The molecule has 0 amide bonds. The summed E-state index contributed by atoms with van der Waals surface area (Å²) in [5.41, 5.74) is 6.54. The molecule has 0 radical (unpaired) electrons. The predicted octanol–water partition coefficient (Wildman–Crippen LogP) is 2.40. The second-order valence-corrected chi connectivity index (χ2v) is 3.55. The van der Waals surface area contributed by atoms with Gasteiger partial charge in [-0.3, -0.25) is 0 Å². The van der Waals surface area contributed by atoms with E-state index in [1.807, 2.05) is 24.3 Å². The molecule has 0 atom stereocenters. The number of rotatable bonds is 8. The fraction of sp³-hybridized carbons (Fsp3) is 0.385. The van der Waals surface area contributed by atoms with Crippen molar-refractivity contribution in [2.45, 2.75) is 12.8 Å². The van der Waals surface area contributed by atoms with Crippen LogP contribution in [-0.4, -0.2) is 19.7 Å². The third-order valence-electron chi connectivity index (χ3n) is 2.18. The van der Waals surface area contributed by atoms with Crippen LogP contribution in [0.25, 0.3) is 0 Å². The van der Waals surface area contributed by atoms with Crippen molar-refractivity contribution in [3.8, 4) is 5.75 Å². The minimum absolute atomic E-state index is 0.545. The highest BCUT2D eigenvalue weighted by molar-refractivity contribution is 5.46. The van der Waals surface area contributed by atoms with Gasteiger partial charge in [0.15, 0.2) is 0 Å². The molecule has 0 heterocycles. The monoisotopic (exact) mass is 220 g/mol. The summed E-state index contributed by atoms with van der Waals surface area (Å²) in [5, 5.41) is 3.33. The highest BCUT2D eigenvalue weighted by Gasteiger charge is 1.94. The first-order valence-electron chi connectivity index (χ1n) is 5.64. The maximum atomic E-state index is 5.42. The van der Waals surface area contributed by atoms with Gasteiger partial charge in [0.1, 0.15) is 12.4 Å². The van der Waals surface area contributed by atoms with Gasteiger partial charge in [-0.05, 0) is 43.7 Å². The van der Waals surface area contributed by atoms with Gasteiger partial charge < -0.3 is 15.8 Å². The summed E-state index contributed by atoms with van der Waals surface area (Å²) >= 11 is 0. The quantitative estimate of drug-likeness (QED) is 0.522. The molecule has 0 aliphatic heterocycles. The molecule has 1 aromatic carbocycles. The molecule has 3 nitrogen and oxygen atoms in total. The lowest BCUT2D eigenvalue weighted by molar-refractivity contribution is 0.363. The number of hydrogen-bond acceptors (Lipinski definition) is 3. The Kier molecular flexibility index (Phi) is 6.11. The largest absolute Gasteiger partial charge is 0.490 e. The van der Waals surface area contributed by atoms with Crippen LogP contribution in [0, 0.1) is 0 Å². The van der Waals surface area contributed by atoms with Crippen LogP contribution in [0.5, 0.6) is 5.75 Å². The zero-order chi connectivity index (χ0) is 11.6. The molecular weight excluding hydrogens is 200 g/mol. The van der Waals surface area contributed by atoms with Crippen molar-refractivity contribution in [3.63, 3.8) is 0 Å². The Morgan fingerprint density at radius 2 is 2.00 bits per heavy atom. The first kappa shape index (κ1) is 12.6. The van der Waals surface area contributed by atoms with E-state index in [-0.39, 0.29) is 0 Å². The lowest BCUT2D eigenvalue weighted by atomic mass is 10.2. The molecule has 0 unspecified atom stereocenters. The molecule has 88 valence electrons. The van der Waals surface area contributed by atoms with Gasteiger partial charge in [-0.2, -0.15) is 0 Å². The van der Waals surface area contributed by atoms with E-state index in [1.165, 1.54) is 0 Å². The van der Waals surface area contributed by atoms with Gasteiger partial charge in [-0.15, -0.1) is 0 Å². The van der Waals surface area contributed by atoms with E-state index in [2.05, 4.69) is 11.9 Å². The third kappa shape index (κ3) is 4.84. The summed E-state index contributed by atoms with van der Waals surface area (Å²) in [6.07, 6.45) is 3.90. The minimum Gasteiger partial charge on any atom is -0.490 e. The molecule has 1 aromatic rings. The van der Waals surface area contributed by atoms with E-state index in [4.69, 9.17) is 10.5 Å². The fourth-order valence-electron chi connectivity index (χ4n) is 1.33. The maximum absolute atomic E-state index is 5.42. The molecule has 0 saturated heterocycles. The summed E-state index contributed by atoms with van der Waals surface area (Å²) in [6, 6.07) is 7.94. The molecule has 0 saturated carbocycles. The zero-order valence-electron chi connectivity index (χ0n) is 9.61. The van der Waals surface area contributed by atoms with Gasteiger partial charge in [0.25, 0.3) is 0 Å². The highest BCUT2D eigenvalue weighted by atomic mass is 16.5. The van der Waals surface area contributed by atoms with Gasteiger partial charge in [-0.25, -0.2) is 0 Å². The Morgan fingerprint density at radius 1 is 1.25 bits per heavy atom. The van der Waals surface area contributed by atoms with Crippen molar-refractivity contribution in [1.29, 1.82) is 0 Å². The summed E-state index contributed by atoms with van der Waals surface area (Å²) in [6.45, 7) is 5.87. The SMILES string of the molecule is C=CCOc1ccc(NCCCCN)cc1. The Hall–Kier alpha value is -1.48. The summed E-state index contributed by atoms with van der Waals surface area (Å²) in [5.74, 6) is 0.868. The van der Waals surface area contributed by atoms with Gasteiger partial charge in [-0.1, -0.05) is 12.7 Å². The topological polar surface area (TPSA) is 47.3 Å². The highest BCUT2D eigenvalue weighted by Crippen LogP contribution is 2.15. The number of unbranched alkanes of at least 4 members (excludes halogenated alkanes) is 1. The Balaban J connectivity index is 2.30. The number of hydrogen-bond donors (Lipinski definition) is 2. The van der Waals surface area contributed by atoms with Crippen LogP contribution >= 0.6 is 0 Å². The smallest absolute Gasteiger partial charge is 0.119 e. The number of benzene rings is 1. The summed E-state index contributed by atoms with van der Waals surface area (Å²) < 4.78 is 5.39. The Labute approximate surface area is 97.3 Å². The van der Waals surface area contributed by atoms with Gasteiger partial charge in [0.2, 0.25) is 0 Å². The molecule has 0 aliphatic rings. The van der Waals surface area contributed by atoms with Crippen LogP contribution in [0.3, 0.4) is 0 Å². The van der Waals surface area contributed by atoms with Crippen LogP contribution in [-0.2, 0) is 0 Å². The van der Waals surface area contributed by atoms with E-state index >= 15 is 0 Å². The first-order chi connectivity index (χ1) is 7.86. The second-order valence-electron chi connectivity index (χ2n) is 3.55. The van der Waals surface area contributed by atoms with E-state index in [0.29, 0.717) is 6.61 Å². The average Bonchev–Trinajstić information content (AvgIpc) is 2.33. The van der Waals surface area contributed by atoms with Gasteiger partial charge >= 0.3 is 0 Å². The number of anilines is 1.